The van der Waals surface area contributed by atoms with Gasteiger partial charge in [-0.3, -0.25) is 19.4 Å². The quantitative estimate of drug-likeness (QED) is 0.562. The number of allylic oxidation sites excluding steroid dienone is 1. The van der Waals surface area contributed by atoms with E-state index in [9.17, 15) is 18.8 Å². The summed E-state index contributed by atoms with van der Waals surface area (Å²) in [7, 11) is 1.53. The van der Waals surface area contributed by atoms with Crippen molar-refractivity contribution < 1.29 is 23.5 Å². The van der Waals surface area contributed by atoms with Gasteiger partial charge in [0.2, 0.25) is 11.8 Å². The zero-order valence-corrected chi connectivity index (χ0v) is 16.5. The highest BCUT2D eigenvalue weighted by molar-refractivity contribution is 6.24. The molecule has 0 radical (unpaired) electrons. The van der Waals surface area contributed by atoms with Crippen molar-refractivity contribution in [3.05, 3.63) is 72.1 Å². The van der Waals surface area contributed by atoms with E-state index in [2.05, 4.69) is 5.10 Å². The van der Waals surface area contributed by atoms with Crippen LogP contribution in [0.3, 0.4) is 0 Å². The van der Waals surface area contributed by atoms with Gasteiger partial charge in [0, 0.05) is 11.8 Å². The number of anilines is 1. The SMILES string of the molecule is COc1ccc(C(=O)[C@H]2[C@H]3C(=O)N(c4cccc(F)c4)C(=O)[C@H]3C3C=CC=NN32)cc1. The predicted molar refractivity (Wildman–Crippen MR) is 110 cm³/mol. The van der Waals surface area contributed by atoms with E-state index in [1.807, 2.05) is 0 Å². The average molecular weight is 419 g/mol. The fourth-order valence-corrected chi connectivity index (χ4v) is 4.63. The Kier molecular flexibility index (Phi) is 4.43. The molecule has 2 amide bonds. The van der Waals surface area contributed by atoms with Gasteiger partial charge < -0.3 is 4.74 Å². The molecule has 8 heteroatoms. The number of benzene rings is 2. The van der Waals surface area contributed by atoms with Crippen LogP contribution in [0, 0.1) is 17.7 Å². The molecule has 2 aromatic carbocycles. The van der Waals surface area contributed by atoms with E-state index < -0.39 is 41.6 Å². The molecule has 0 N–H and O–H groups in total. The Morgan fingerprint density at radius 2 is 1.81 bits per heavy atom. The predicted octanol–water partition coefficient (Wildman–Crippen LogP) is 2.43. The number of halogens is 1. The Morgan fingerprint density at radius 1 is 1.06 bits per heavy atom. The van der Waals surface area contributed by atoms with Crippen LogP contribution >= 0.6 is 0 Å². The number of ether oxygens (including phenoxy) is 1. The van der Waals surface area contributed by atoms with Gasteiger partial charge in [0.1, 0.15) is 17.6 Å². The van der Waals surface area contributed by atoms with Crippen LogP contribution in [0.2, 0.25) is 0 Å². The number of carbonyl (C=O) groups is 3. The maximum atomic E-state index is 13.8. The lowest BCUT2D eigenvalue weighted by Crippen LogP contribution is -2.46. The van der Waals surface area contributed by atoms with E-state index in [1.54, 1.807) is 41.4 Å². The fraction of sp³-hybridized carbons (Fsp3) is 0.217. The summed E-state index contributed by atoms with van der Waals surface area (Å²) in [6.07, 6.45) is 5.00. The molecule has 0 bridgehead atoms. The third-order valence-corrected chi connectivity index (χ3v) is 6.00. The van der Waals surface area contributed by atoms with Gasteiger partial charge in [-0.1, -0.05) is 12.1 Å². The van der Waals surface area contributed by atoms with E-state index in [0.29, 0.717) is 11.3 Å². The van der Waals surface area contributed by atoms with Crippen molar-refractivity contribution in [2.24, 2.45) is 16.9 Å². The number of Topliss-reactive ketones (excluding diaryl/α,β-unsaturated/α-hetero) is 1. The first-order chi connectivity index (χ1) is 15.0. The maximum absolute atomic E-state index is 13.8. The molecular formula is C23H18FN3O4. The lowest BCUT2D eigenvalue weighted by atomic mass is 9.86. The van der Waals surface area contributed by atoms with Crippen LogP contribution in [0.25, 0.3) is 0 Å². The van der Waals surface area contributed by atoms with Crippen LogP contribution in [0.5, 0.6) is 5.75 Å². The van der Waals surface area contributed by atoms with Crippen molar-refractivity contribution in [3.8, 4) is 5.75 Å². The van der Waals surface area contributed by atoms with E-state index >= 15 is 0 Å². The van der Waals surface area contributed by atoms with E-state index in [1.165, 1.54) is 31.5 Å². The number of hydrogen-bond donors (Lipinski definition) is 0. The van der Waals surface area contributed by atoms with Crippen molar-refractivity contribution in [1.29, 1.82) is 0 Å². The lowest BCUT2D eigenvalue weighted by Gasteiger charge is -2.30. The first kappa shape index (κ1) is 19.2. The van der Waals surface area contributed by atoms with Crippen LogP contribution in [0.4, 0.5) is 10.1 Å². The zero-order valence-electron chi connectivity index (χ0n) is 16.5. The van der Waals surface area contributed by atoms with Gasteiger partial charge in [0.15, 0.2) is 5.78 Å². The minimum atomic E-state index is -0.945. The molecule has 0 saturated carbocycles. The topological polar surface area (TPSA) is 79.3 Å². The van der Waals surface area contributed by atoms with Gasteiger partial charge in [-0.15, -0.1) is 0 Å². The highest BCUT2D eigenvalue weighted by Gasteiger charge is 2.64. The zero-order chi connectivity index (χ0) is 21.7. The Labute approximate surface area is 177 Å². The summed E-state index contributed by atoms with van der Waals surface area (Å²) in [6.45, 7) is 0. The molecule has 3 aliphatic heterocycles. The third-order valence-electron chi connectivity index (χ3n) is 6.00. The van der Waals surface area contributed by atoms with Gasteiger partial charge in [-0.25, -0.2) is 9.29 Å². The number of imide groups is 1. The summed E-state index contributed by atoms with van der Waals surface area (Å²) in [6, 6.07) is 10.4. The Bertz CT molecular complexity index is 1140. The molecule has 156 valence electrons. The maximum Gasteiger partial charge on any atom is 0.240 e. The van der Waals surface area contributed by atoms with Crippen molar-refractivity contribution in [3.63, 3.8) is 0 Å². The molecule has 7 nitrogen and oxygen atoms in total. The standard InChI is InChI=1S/C23H18FN3O4/c1-31-16-9-7-13(8-10-16)21(28)20-19-18(17-6-3-11-25-27(17)20)22(29)26(23(19)30)15-5-2-4-14(24)12-15/h2-12,17-20H,1H3/t17?,18-,19-,20+/m0/s1. The monoisotopic (exact) mass is 419 g/mol. The van der Waals surface area contributed by atoms with Gasteiger partial charge in [0.05, 0.1) is 30.7 Å². The van der Waals surface area contributed by atoms with Crippen molar-refractivity contribution in [2.45, 2.75) is 12.1 Å². The summed E-state index contributed by atoms with van der Waals surface area (Å²) < 4.78 is 18.9. The van der Waals surface area contributed by atoms with Crippen LogP contribution in [0.1, 0.15) is 10.4 Å². The minimum Gasteiger partial charge on any atom is -0.497 e. The highest BCUT2D eigenvalue weighted by Crippen LogP contribution is 2.46. The molecule has 1 unspecified atom stereocenters. The van der Waals surface area contributed by atoms with Crippen LogP contribution < -0.4 is 9.64 Å². The molecule has 0 aromatic heterocycles. The molecule has 2 saturated heterocycles. The minimum absolute atomic E-state index is 0.162. The van der Waals surface area contributed by atoms with Crippen LogP contribution in [-0.2, 0) is 9.59 Å². The smallest absolute Gasteiger partial charge is 0.240 e. The van der Waals surface area contributed by atoms with Gasteiger partial charge >= 0.3 is 0 Å². The number of ketones is 1. The molecule has 3 aliphatic rings. The second-order valence-corrected chi connectivity index (χ2v) is 7.60. The van der Waals surface area contributed by atoms with Gasteiger partial charge in [-0.2, -0.15) is 5.10 Å². The molecule has 2 aromatic rings. The van der Waals surface area contributed by atoms with E-state index in [-0.39, 0.29) is 11.5 Å². The van der Waals surface area contributed by atoms with Gasteiger partial charge in [0.25, 0.3) is 0 Å². The Balaban J connectivity index is 1.56. The number of hydrogen-bond acceptors (Lipinski definition) is 6. The van der Waals surface area contributed by atoms with Gasteiger partial charge in [-0.05, 0) is 48.5 Å². The van der Waals surface area contributed by atoms with Crippen molar-refractivity contribution in [2.75, 3.05) is 12.0 Å². The number of hydrazone groups is 1. The fourth-order valence-electron chi connectivity index (χ4n) is 4.63. The third kappa shape index (κ3) is 2.86. The molecule has 0 aliphatic carbocycles. The summed E-state index contributed by atoms with van der Waals surface area (Å²) >= 11 is 0. The first-order valence-electron chi connectivity index (χ1n) is 9.82. The van der Waals surface area contributed by atoms with E-state index in [0.717, 1.165) is 11.0 Å². The number of methoxy groups -OCH3 is 1. The van der Waals surface area contributed by atoms with E-state index in [4.69, 9.17) is 4.74 Å². The number of fused-ring (bicyclic) bond motifs is 3. The molecule has 3 heterocycles. The molecular weight excluding hydrogens is 401 g/mol. The molecule has 5 rings (SSSR count). The summed E-state index contributed by atoms with van der Waals surface area (Å²) in [5.74, 6) is -2.94. The second kappa shape index (κ2) is 7.16. The number of carbonyl (C=O) groups excluding carboxylic acids is 3. The first-order valence-corrected chi connectivity index (χ1v) is 9.82. The molecule has 4 atom stereocenters. The van der Waals surface area contributed by atoms with Crippen molar-refractivity contribution >= 4 is 29.5 Å². The second-order valence-electron chi connectivity index (χ2n) is 7.60. The van der Waals surface area contributed by atoms with Crippen molar-refractivity contribution in [1.82, 2.24) is 5.01 Å². The number of rotatable bonds is 4. The normalized spacial score (nSPS) is 26.3. The lowest BCUT2D eigenvalue weighted by molar-refractivity contribution is -0.123. The number of amides is 2. The van der Waals surface area contributed by atoms with Crippen LogP contribution in [0.15, 0.2) is 65.8 Å². The summed E-state index contributed by atoms with van der Waals surface area (Å²) in [5, 5.41) is 5.85. The Morgan fingerprint density at radius 3 is 2.52 bits per heavy atom. The Hall–Kier alpha value is -3.81. The number of nitrogens with zero attached hydrogens (tertiary/aromatic N) is 3. The summed E-state index contributed by atoms with van der Waals surface area (Å²) in [4.78, 5) is 41.2. The summed E-state index contributed by atoms with van der Waals surface area (Å²) in [5.41, 5.74) is 0.550. The molecule has 31 heavy (non-hydrogen) atoms. The molecule has 0 spiro atoms. The average Bonchev–Trinajstić information content (AvgIpc) is 3.26. The van der Waals surface area contributed by atoms with Crippen LogP contribution in [-0.4, -0.2) is 48.0 Å². The highest BCUT2D eigenvalue weighted by atomic mass is 19.1. The molecule has 2 fully saturated rings. The largest absolute Gasteiger partial charge is 0.497 e.